The van der Waals surface area contributed by atoms with E-state index < -0.39 is 5.97 Å². The van der Waals surface area contributed by atoms with Crippen LogP contribution in [0.15, 0.2) is 16.8 Å². The molecule has 1 saturated carbocycles. The molecule has 2 atom stereocenters. The fraction of sp³-hybridized carbons (Fsp3) is 0.636. The Morgan fingerprint density at radius 3 is 2.53 bits per heavy atom. The summed E-state index contributed by atoms with van der Waals surface area (Å²) in [5.74, 6) is -0.903. The molecule has 0 aromatic rings. The van der Waals surface area contributed by atoms with Crippen molar-refractivity contribution in [2.75, 3.05) is 7.11 Å². The van der Waals surface area contributed by atoms with Crippen LogP contribution < -0.4 is 0 Å². The van der Waals surface area contributed by atoms with Gasteiger partial charge in [0.05, 0.1) is 12.1 Å². The second kappa shape index (κ2) is 4.04. The minimum atomic E-state index is -0.724. The molecule has 4 nitrogen and oxygen atoms in total. The maximum Gasteiger partial charge on any atom is 0.307 e. The van der Waals surface area contributed by atoms with Crippen molar-refractivity contribution in [3.05, 3.63) is 11.6 Å². The van der Waals surface area contributed by atoms with Crippen molar-refractivity contribution >= 4 is 12.2 Å². The topological polar surface area (TPSA) is 58.9 Å². The van der Waals surface area contributed by atoms with Crippen molar-refractivity contribution in [2.24, 2.45) is 22.4 Å². The maximum absolute atomic E-state index is 10.9. The van der Waals surface area contributed by atoms with Gasteiger partial charge in [0, 0.05) is 0 Å². The molecule has 15 heavy (non-hydrogen) atoms. The highest BCUT2D eigenvalue weighted by atomic mass is 16.6. The predicted octanol–water partition coefficient (Wildman–Crippen LogP) is 1.92. The lowest BCUT2D eigenvalue weighted by molar-refractivity contribution is -0.139. The van der Waals surface area contributed by atoms with Crippen LogP contribution in [0.5, 0.6) is 0 Å². The maximum atomic E-state index is 10.9. The molecule has 2 unspecified atom stereocenters. The number of allylic oxidation sites excluding steroid dienone is 2. The molecule has 0 radical (unpaired) electrons. The quantitative estimate of drug-likeness (QED) is 0.571. The van der Waals surface area contributed by atoms with Crippen molar-refractivity contribution in [1.82, 2.24) is 0 Å². The number of rotatable bonds is 4. The third-order valence-electron chi connectivity index (χ3n) is 2.98. The Hall–Kier alpha value is -1.32. The molecule has 84 valence electrons. The van der Waals surface area contributed by atoms with Crippen LogP contribution in [-0.2, 0) is 9.63 Å². The van der Waals surface area contributed by atoms with Crippen molar-refractivity contribution in [1.29, 1.82) is 0 Å². The minimum Gasteiger partial charge on any atom is -0.481 e. The van der Waals surface area contributed by atoms with Gasteiger partial charge in [0.15, 0.2) is 0 Å². The molecule has 0 aromatic carbocycles. The van der Waals surface area contributed by atoms with Gasteiger partial charge in [-0.25, -0.2) is 0 Å². The molecule has 0 bridgehead atoms. The third-order valence-corrected chi connectivity index (χ3v) is 2.98. The summed E-state index contributed by atoms with van der Waals surface area (Å²) in [7, 11) is 1.48. The van der Waals surface area contributed by atoms with Crippen molar-refractivity contribution in [2.45, 2.75) is 20.8 Å². The molecule has 1 aliphatic rings. The molecule has 0 amide bonds. The summed E-state index contributed by atoms with van der Waals surface area (Å²) in [6.07, 6.45) is 3.54. The molecule has 0 heterocycles. The van der Waals surface area contributed by atoms with Crippen LogP contribution in [0.25, 0.3) is 0 Å². The Bertz CT molecular complexity index is 318. The van der Waals surface area contributed by atoms with E-state index in [1.54, 1.807) is 6.21 Å². The lowest BCUT2D eigenvalue weighted by Gasteiger charge is -1.97. The first-order valence-electron chi connectivity index (χ1n) is 4.89. The molecule has 0 aliphatic heterocycles. The van der Waals surface area contributed by atoms with E-state index in [4.69, 9.17) is 5.11 Å². The first kappa shape index (κ1) is 11.8. The lowest BCUT2D eigenvalue weighted by Crippen LogP contribution is -2.03. The van der Waals surface area contributed by atoms with E-state index in [-0.39, 0.29) is 17.3 Å². The highest BCUT2D eigenvalue weighted by molar-refractivity contribution is 5.80. The molecule has 1 aliphatic carbocycles. The zero-order valence-electron chi connectivity index (χ0n) is 9.52. The van der Waals surface area contributed by atoms with Gasteiger partial charge in [0.25, 0.3) is 0 Å². The highest BCUT2D eigenvalue weighted by Gasteiger charge is 2.60. The fourth-order valence-electron chi connectivity index (χ4n) is 1.92. The summed E-state index contributed by atoms with van der Waals surface area (Å²) in [6, 6.07) is 0. The fourth-order valence-corrected chi connectivity index (χ4v) is 1.92. The molecule has 1 rings (SSSR count). The monoisotopic (exact) mass is 211 g/mol. The first-order valence-corrected chi connectivity index (χ1v) is 4.89. The Labute approximate surface area is 89.6 Å². The standard InChI is InChI=1S/C11H17NO3/c1-7(6-12-15-4)5-8-9(10(13)14)11(8,2)3/h5-6,8-9H,1-4H3,(H,13,14)/b7-5+,12-6+. The average molecular weight is 211 g/mol. The Balaban J connectivity index is 2.69. The summed E-state index contributed by atoms with van der Waals surface area (Å²) >= 11 is 0. The van der Waals surface area contributed by atoms with Gasteiger partial charge < -0.3 is 9.94 Å². The molecule has 0 aromatic heterocycles. The molecule has 4 heteroatoms. The number of nitrogens with zero attached hydrogens (tertiary/aromatic N) is 1. The number of carboxylic acid groups (broad SMARTS) is 1. The number of hydrogen-bond acceptors (Lipinski definition) is 3. The van der Waals surface area contributed by atoms with E-state index in [2.05, 4.69) is 9.99 Å². The van der Waals surface area contributed by atoms with E-state index in [0.717, 1.165) is 5.57 Å². The third kappa shape index (κ3) is 2.37. The molecule has 0 spiro atoms. The van der Waals surface area contributed by atoms with Gasteiger partial charge in [0.2, 0.25) is 0 Å². The van der Waals surface area contributed by atoms with Gasteiger partial charge in [0.1, 0.15) is 7.11 Å². The molecule has 1 N–H and O–H groups in total. The molecule has 0 saturated heterocycles. The second-order valence-electron chi connectivity index (χ2n) is 4.49. The van der Waals surface area contributed by atoms with Gasteiger partial charge in [-0.1, -0.05) is 25.1 Å². The minimum absolute atomic E-state index is 0.0957. The highest BCUT2D eigenvalue weighted by Crippen LogP contribution is 2.59. The number of oxime groups is 1. The largest absolute Gasteiger partial charge is 0.481 e. The van der Waals surface area contributed by atoms with Gasteiger partial charge >= 0.3 is 5.97 Å². The van der Waals surface area contributed by atoms with E-state index in [0.29, 0.717) is 0 Å². The predicted molar refractivity (Wildman–Crippen MR) is 57.7 cm³/mol. The zero-order valence-corrected chi connectivity index (χ0v) is 9.52. The molecule has 1 fully saturated rings. The SMILES string of the molecule is CO/N=C/C(C)=C/C1C(C(=O)O)C1(C)C. The van der Waals surface area contributed by atoms with E-state index in [1.807, 2.05) is 26.8 Å². The first-order chi connectivity index (χ1) is 6.91. The van der Waals surface area contributed by atoms with Gasteiger partial charge in [-0.3, -0.25) is 4.79 Å². The summed E-state index contributed by atoms with van der Waals surface area (Å²) in [5.41, 5.74) is 0.784. The number of carbonyl (C=O) groups is 1. The van der Waals surface area contributed by atoms with E-state index in [1.165, 1.54) is 7.11 Å². The molecular formula is C11H17NO3. The van der Waals surface area contributed by atoms with E-state index >= 15 is 0 Å². The van der Waals surface area contributed by atoms with Crippen molar-refractivity contribution in [3.8, 4) is 0 Å². The normalized spacial score (nSPS) is 29.2. The average Bonchev–Trinajstić information content (AvgIpc) is 2.64. The second-order valence-corrected chi connectivity index (χ2v) is 4.49. The van der Waals surface area contributed by atoms with Crippen molar-refractivity contribution < 1.29 is 14.7 Å². The van der Waals surface area contributed by atoms with Gasteiger partial charge in [-0.05, 0) is 23.8 Å². The number of carboxylic acids is 1. The van der Waals surface area contributed by atoms with Gasteiger partial charge in [-0.15, -0.1) is 0 Å². The van der Waals surface area contributed by atoms with Gasteiger partial charge in [-0.2, -0.15) is 0 Å². The van der Waals surface area contributed by atoms with Crippen LogP contribution in [0.3, 0.4) is 0 Å². The lowest BCUT2D eigenvalue weighted by atomic mass is 10.1. The van der Waals surface area contributed by atoms with Crippen molar-refractivity contribution in [3.63, 3.8) is 0 Å². The van der Waals surface area contributed by atoms with Crippen LogP contribution in [0.4, 0.5) is 0 Å². The number of aliphatic carboxylic acids is 1. The molecular weight excluding hydrogens is 194 g/mol. The van der Waals surface area contributed by atoms with Crippen LogP contribution in [0.1, 0.15) is 20.8 Å². The smallest absolute Gasteiger partial charge is 0.307 e. The summed E-state index contributed by atoms with van der Waals surface area (Å²) in [6.45, 7) is 5.82. The Morgan fingerprint density at radius 2 is 2.13 bits per heavy atom. The Kier molecular flexibility index (Phi) is 3.17. The van der Waals surface area contributed by atoms with Crippen LogP contribution in [0, 0.1) is 17.3 Å². The summed E-state index contributed by atoms with van der Waals surface area (Å²) in [5, 5.41) is 12.6. The number of hydrogen-bond donors (Lipinski definition) is 1. The van der Waals surface area contributed by atoms with E-state index in [9.17, 15) is 4.79 Å². The van der Waals surface area contributed by atoms with Crippen LogP contribution in [0.2, 0.25) is 0 Å². The Morgan fingerprint density at radius 1 is 1.53 bits per heavy atom. The van der Waals surface area contributed by atoms with Crippen LogP contribution in [-0.4, -0.2) is 24.4 Å². The summed E-state index contributed by atoms with van der Waals surface area (Å²) < 4.78 is 0. The van der Waals surface area contributed by atoms with Crippen LogP contribution >= 0.6 is 0 Å². The summed E-state index contributed by atoms with van der Waals surface area (Å²) in [4.78, 5) is 15.4. The zero-order chi connectivity index (χ0) is 11.6.